The Morgan fingerprint density at radius 1 is 1.08 bits per heavy atom. The zero-order valence-corrected chi connectivity index (χ0v) is 14.9. The number of fused-ring (bicyclic) bond motifs is 1. The van der Waals surface area contributed by atoms with Crippen molar-refractivity contribution in [3.63, 3.8) is 0 Å². The largest absolute Gasteiger partial charge is 0.494 e. The summed E-state index contributed by atoms with van der Waals surface area (Å²) < 4.78 is 15.9. The molecule has 3 aromatic rings. The van der Waals surface area contributed by atoms with Crippen LogP contribution >= 0.6 is 11.6 Å². The van der Waals surface area contributed by atoms with E-state index in [9.17, 15) is 9.59 Å². The maximum Gasteiger partial charge on any atom is 0.336 e. The highest BCUT2D eigenvalue weighted by atomic mass is 35.5. The molecule has 0 amide bonds. The maximum atomic E-state index is 11.9. The molecule has 2 aromatic carbocycles. The van der Waals surface area contributed by atoms with E-state index in [-0.39, 0.29) is 12.4 Å². The maximum absolute atomic E-state index is 11.9. The van der Waals surface area contributed by atoms with Crippen molar-refractivity contribution in [3.05, 3.63) is 69.5 Å². The number of esters is 1. The number of hydrogen-bond acceptors (Lipinski definition) is 5. The van der Waals surface area contributed by atoms with E-state index in [0.29, 0.717) is 35.1 Å². The van der Waals surface area contributed by atoms with Gasteiger partial charge < -0.3 is 13.9 Å². The lowest BCUT2D eigenvalue weighted by Gasteiger charge is -2.08. The van der Waals surface area contributed by atoms with Crippen LogP contribution in [-0.2, 0) is 4.79 Å². The summed E-state index contributed by atoms with van der Waals surface area (Å²) in [6.45, 7) is 2.29. The van der Waals surface area contributed by atoms with Gasteiger partial charge in [-0.3, -0.25) is 4.79 Å². The van der Waals surface area contributed by atoms with E-state index in [4.69, 9.17) is 25.5 Å². The SMILES string of the molecule is Cc1cc(OCCCC(=O)Oc2ccc3ccc(=O)oc3c2)ccc1Cl. The molecule has 1 heterocycles. The van der Waals surface area contributed by atoms with Crippen molar-refractivity contribution in [3.8, 4) is 11.5 Å². The van der Waals surface area contributed by atoms with E-state index in [0.717, 1.165) is 10.9 Å². The summed E-state index contributed by atoms with van der Waals surface area (Å²) in [5.74, 6) is 0.675. The summed E-state index contributed by atoms with van der Waals surface area (Å²) in [5.41, 5.74) is 0.867. The molecule has 6 heteroatoms. The number of rotatable bonds is 6. The predicted molar refractivity (Wildman–Crippen MR) is 99.0 cm³/mol. The fourth-order valence-corrected chi connectivity index (χ4v) is 2.52. The van der Waals surface area contributed by atoms with Crippen LogP contribution in [0.15, 0.2) is 57.7 Å². The molecule has 0 radical (unpaired) electrons. The number of carbonyl (C=O) groups excluding carboxylic acids is 1. The highest BCUT2D eigenvalue weighted by Crippen LogP contribution is 2.22. The van der Waals surface area contributed by atoms with E-state index >= 15 is 0 Å². The van der Waals surface area contributed by atoms with Crippen LogP contribution in [-0.4, -0.2) is 12.6 Å². The molecule has 0 aliphatic heterocycles. The number of carbonyl (C=O) groups is 1. The Kier molecular flexibility index (Phi) is 5.58. The first-order valence-corrected chi connectivity index (χ1v) is 8.52. The average Bonchev–Trinajstić information content (AvgIpc) is 2.61. The number of hydrogen-bond donors (Lipinski definition) is 0. The molecule has 0 saturated heterocycles. The fourth-order valence-electron chi connectivity index (χ4n) is 2.40. The zero-order valence-electron chi connectivity index (χ0n) is 14.2. The Labute approximate surface area is 155 Å². The molecule has 0 saturated carbocycles. The third-order valence-corrected chi connectivity index (χ3v) is 4.17. The van der Waals surface area contributed by atoms with Crippen LogP contribution in [0.2, 0.25) is 5.02 Å². The molecule has 0 atom stereocenters. The first-order chi connectivity index (χ1) is 12.5. The van der Waals surface area contributed by atoms with Gasteiger partial charge in [0.25, 0.3) is 0 Å². The lowest BCUT2D eigenvalue weighted by atomic mass is 10.2. The summed E-state index contributed by atoms with van der Waals surface area (Å²) in [6.07, 6.45) is 0.729. The number of aryl methyl sites for hydroxylation is 1. The average molecular weight is 373 g/mol. The fraction of sp³-hybridized carbons (Fsp3) is 0.200. The van der Waals surface area contributed by atoms with Crippen molar-refractivity contribution in [2.24, 2.45) is 0 Å². The van der Waals surface area contributed by atoms with Crippen molar-refractivity contribution in [2.45, 2.75) is 19.8 Å². The minimum atomic E-state index is -0.449. The van der Waals surface area contributed by atoms with Crippen molar-refractivity contribution >= 4 is 28.5 Å². The molecule has 3 rings (SSSR count). The van der Waals surface area contributed by atoms with Crippen molar-refractivity contribution < 1.29 is 18.7 Å². The molecule has 5 nitrogen and oxygen atoms in total. The monoisotopic (exact) mass is 372 g/mol. The molecule has 0 aliphatic carbocycles. The van der Waals surface area contributed by atoms with Gasteiger partial charge in [-0.05, 0) is 55.3 Å². The molecule has 0 N–H and O–H groups in total. The number of ether oxygens (including phenoxy) is 2. The molecule has 0 aliphatic rings. The summed E-state index contributed by atoms with van der Waals surface area (Å²) in [7, 11) is 0. The van der Waals surface area contributed by atoms with Crippen LogP contribution in [0.3, 0.4) is 0 Å². The van der Waals surface area contributed by atoms with Gasteiger partial charge >= 0.3 is 11.6 Å². The highest BCUT2D eigenvalue weighted by molar-refractivity contribution is 6.31. The third-order valence-electron chi connectivity index (χ3n) is 3.75. The molecule has 1 aromatic heterocycles. The van der Waals surface area contributed by atoms with Gasteiger partial charge in [0.2, 0.25) is 0 Å². The van der Waals surface area contributed by atoms with E-state index in [2.05, 4.69) is 0 Å². The van der Waals surface area contributed by atoms with E-state index in [1.165, 1.54) is 12.1 Å². The molecule has 134 valence electrons. The van der Waals surface area contributed by atoms with Crippen LogP contribution in [0.25, 0.3) is 11.0 Å². The van der Waals surface area contributed by atoms with Crippen LogP contribution in [0.5, 0.6) is 11.5 Å². The minimum absolute atomic E-state index is 0.212. The van der Waals surface area contributed by atoms with Gasteiger partial charge in [-0.1, -0.05) is 11.6 Å². The second kappa shape index (κ2) is 8.06. The highest BCUT2D eigenvalue weighted by Gasteiger charge is 2.07. The third kappa shape index (κ3) is 4.64. The van der Waals surface area contributed by atoms with Crippen LogP contribution in [0.1, 0.15) is 18.4 Å². The van der Waals surface area contributed by atoms with Gasteiger partial charge in [0, 0.05) is 29.0 Å². The van der Waals surface area contributed by atoms with Crippen molar-refractivity contribution in [1.29, 1.82) is 0 Å². The van der Waals surface area contributed by atoms with Crippen LogP contribution in [0, 0.1) is 6.92 Å². The van der Waals surface area contributed by atoms with Crippen molar-refractivity contribution in [1.82, 2.24) is 0 Å². The topological polar surface area (TPSA) is 65.7 Å². The molecular formula is C20H17ClO5. The smallest absolute Gasteiger partial charge is 0.336 e. The molecule has 26 heavy (non-hydrogen) atoms. The first-order valence-electron chi connectivity index (χ1n) is 8.15. The van der Waals surface area contributed by atoms with E-state index < -0.39 is 5.63 Å². The Morgan fingerprint density at radius 2 is 1.85 bits per heavy atom. The lowest BCUT2D eigenvalue weighted by Crippen LogP contribution is -2.10. The van der Waals surface area contributed by atoms with Gasteiger partial charge in [-0.15, -0.1) is 0 Å². The van der Waals surface area contributed by atoms with Gasteiger partial charge in [-0.25, -0.2) is 4.79 Å². The second-order valence-electron chi connectivity index (χ2n) is 5.79. The van der Waals surface area contributed by atoms with Gasteiger partial charge in [0.15, 0.2) is 0 Å². The Balaban J connectivity index is 1.49. The minimum Gasteiger partial charge on any atom is -0.494 e. The zero-order chi connectivity index (χ0) is 18.5. The normalized spacial score (nSPS) is 10.7. The Morgan fingerprint density at radius 3 is 2.65 bits per heavy atom. The second-order valence-corrected chi connectivity index (χ2v) is 6.20. The lowest BCUT2D eigenvalue weighted by molar-refractivity contribution is -0.134. The van der Waals surface area contributed by atoms with Gasteiger partial charge in [0.1, 0.15) is 17.1 Å². The van der Waals surface area contributed by atoms with Gasteiger partial charge in [-0.2, -0.15) is 0 Å². The Bertz CT molecular complexity index is 993. The quantitative estimate of drug-likeness (QED) is 0.275. The van der Waals surface area contributed by atoms with Gasteiger partial charge in [0.05, 0.1) is 6.61 Å². The van der Waals surface area contributed by atoms with E-state index in [1.54, 1.807) is 30.3 Å². The van der Waals surface area contributed by atoms with Crippen molar-refractivity contribution in [2.75, 3.05) is 6.61 Å². The van der Waals surface area contributed by atoms with Crippen LogP contribution in [0.4, 0.5) is 0 Å². The van der Waals surface area contributed by atoms with Crippen LogP contribution < -0.4 is 15.1 Å². The molecule has 0 unspecified atom stereocenters. The molecule has 0 bridgehead atoms. The standard InChI is InChI=1S/C20H17ClO5/c1-13-11-15(7-8-17(13)21)24-10-2-3-19(22)25-16-6-4-14-5-9-20(23)26-18(14)12-16/h4-9,11-12H,2-3,10H2,1H3. The number of halogens is 1. The van der Waals surface area contributed by atoms with E-state index in [1.807, 2.05) is 13.0 Å². The first kappa shape index (κ1) is 18.0. The molecule has 0 spiro atoms. The molecule has 0 fully saturated rings. The Hall–Kier alpha value is -2.79. The predicted octanol–water partition coefficient (Wildman–Crippen LogP) is 4.52. The summed E-state index contributed by atoms with van der Waals surface area (Å²) in [4.78, 5) is 23.2. The summed E-state index contributed by atoms with van der Waals surface area (Å²) in [6, 6.07) is 13.3. The summed E-state index contributed by atoms with van der Waals surface area (Å²) in [5, 5.41) is 1.45. The molecular weight excluding hydrogens is 356 g/mol. The number of benzene rings is 2. The summed E-state index contributed by atoms with van der Waals surface area (Å²) >= 11 is 5.96.